The van der Waals surface area contributed by atoms with E-state index in [-0.39, 0.29) is 59.9 Å². The summed E-state index contributed by atoms with van der Waals surface area (Å²) in [5.41, 5.74) is 8.91. The van der Waals surface area contributed by atoms with E-state index in [9.17, 15) is 22.0 Å². The first kappa shape index (κ1) is 33.5. The summed E-state index contributed by atoms with van der Waals surface area (Å²) >= 11 is 6.72. The van der Waals surface area contributed by atoms with Crippen LogP contribution >= 0.6 is 11.6 Å². The molecule has 1 fully saturated rings. The van der Waals surface area contributed by atoms with Gasteiger partial charge >= 0.3 is 12.2 Å². The second kappa shape index (κ2) is 12.9. The number of nitrogen functional groups attached to an aromatic ring is 2. The minimum absolute atomic E-state index is 0.0391. The Morgan fingerprint density at radius 3 is 2.65 bits per heavy atom. The van der Waals surface area contributed by atoms with Crippen LogP contribution in [0, 0.1) is 12.7 Å². The molecular weight excluding hydrogens is 668 g/mol. The van der Waals surface area contributed by atoms with Gasteiger partial charge in [0.1, 0.15) is 42.5 Å². The Morgan fingerprint density at radius 1 is 1.17 bits per heavy atom. The van der Waals surface area contributed by atoms with E-state index in [0.717, 1.165) is 6.07 Å². The Balaban J connectivity index is 1.57. The lowest BCUT2D eigenvalue weighted by molar-refractivity contribution is -0.137. The number of anilines is 3. The van der Waals surface area contributed by atoms with Crippen LogP contribution in [-0.4, -0.2) is 75.1 Å². The van der Waals surface area contributed by atoms with E-state index in [1.54, 1.807) is 16.7 Å². The van der Waals surface area contributed by atoms with Crippen LogP contribution in [0.2, 0.25) is 5.02 Å². The monoisotopic (exact) mass is 697 g/mol. The van der Waals surface area contributed by atoms with Gasteiger partial charge in [0, 0.05) is 17.8 Å². The Hall–Kier alpha value is -4.38. The Kier molecular flexibility index (Phi) is 9.02. The van der Waals surface area contributed by atoms with Crippen molar-refractivity contribution in [2.45, 2.75) is 51.4 Å². The maximum absolute atomic E-state index is 16.9. The SMILES string of the molecule is Cc1cc(N)nc(-c2c(Cl)c3c4c(nc(OC[C@@H]5CCCN5CC(F)F)nc4c2F)N([C@H](C)c2cncnc2N)CCO3)c1C(F)(F)F. The molecule has 0 aliphatic carbocycles. The summed E-state index contributed by atoms with van der Waals surface area (Å²) in [6.45, 7) is 2.90. The number of nitrogens with two attached hydrogens (primary N) is 2. The fourth-order valence-corrected chi connectivity index (χ4v) is 6.65. The number of nitrogens with zero attached hydrogens (tertiary/aromatic N) is 7. The second-order valence-corrected chi connectivity index (χ2v) is 11.9. The summed E-state index contributed by atoms with van der Waals surface area (Å²) in [5.74, 6) is -1.47. The summed E-state index contributed by atoms with van der Waals surface area (Å²) < 4.78 is 98.3. The number of likely N-dealkylation sites (tertiary alicyclic amines) is 1. The number of hydrogen-bond acceptors (Lipinski definition) is 11. The highest BCUT2D eigenvalue weighted by Gasteiger charge is 2.40. The van der Waals surface area contributed by atoms with Crippen LogP contribution in [-0.2, 0) is 6.18 Å². The first-order chi connectivity index (χ1) is 22.8. The number of benzene rings is 1. The summed E-state index contributed by atoms with van der Waals surface area (Å²) in [5, 5.41) is -0.532. The molecule has 256 valence electrons. The molecule has 0 amide bonds. The molecule has 4 aromatic rings. The first-order valence-electron chi connectivity index (χ1n) is 14.9. The smallest absolute Gasteiger partial charge is 0.418 e. The highest BCUT2D eigenvalue weighted by molar-refractivity contribution is 6.36. The number of aromatic nitrogens is 5. The summed E-state index contributed by atoms with van der Waals surface area (Å²) in [6, 6.07) is -0.300. The number of rotatable bonds is 8. The third kappa shape index (κ3) is 6.16. The number of alkyl halides is 5. The fourth-order valence-electron chi connectivity index (χ4n) is 6.33. The van der Waals surface area contributed by atoms with Crippen molar-refractivity contribution >= 4 is 40.0 Å². The molecule has 11 nitrogen and oxygen atoms in total. The van der Waals surface area contributed by atoms with Crippen molar-refractivity contribution in [3.8, 4) is 23.0 Å². The first-order valence-corrected chi connectivity index (χ1v) is 15.3. The molecule has 3 aromatic heterocycles. The Labute approximate surface area is 275 Å². The zero-order chi connectivity index (χ0) is 34.5. The van der Waals surface area contributed by atoms with Gasteiger partial charge in [0.25, 0.3) is 6.43 Å². The van der Waals surface area contributed by atoms with E-state index < -0.39 is 64.4 Å². The summed E-state index contributed by atoms with van der Waals surface area (Å²) in [7, 11) is 0. The molecule has 6 rings (SSSR count). The molecular formula is C30H30ClF6N9O2. The Bertz CT molecular complexity index is 1860. The van der Waals surface area contributed by atoms with E-state index >= 15 is 4.39 Å². The quantitative estimate of drug-likeness (QED) is 0.215. The van der Waals surface area contributed by atoms with Crippen LogP contribution in [0.4, 0.5) is 43.8 Å². The van der Waals surface area contributed by atoms with Gasteiger partial charge in [-0.05, 0) is 44.9 Å². The van der Waals surface area contributed by atoms with Crippen molar-refractivity contribution in [1.29, 1.82) is 0 Å². The lowest BCUT2D eigenvalue weighted by atomic mass is 9.98. The molecule has 2 atom stereocenters. The van der Waals surface area contributed by atoms with Gasteiger partial charge in [-0.2, -0.15) is 23.1 Å². The van der Waals surface area contributed by atoms with E-state index in [0.29, 0.717) is 24.9 Å². The van der Waals surface area contributed by atoms with Crippen LogP contribution < -0.4 is 25.8 Å². The maximum atomic E-state index is 16.9. The highest BCUT2D eigenvalue weighted by atomic mass is 35.5. The second-order valence-electron chi connectivity index (χ2n) is 11.5. The van der Waals surface area contributed by atoms with Crippen LogP contribution in [0.1, 0.15) is 42.5 Å². The molecule has 0 unspecified atom stereocenters. The molecule has 2 aliphatic rings. The number of ether oxygens (including phenoxy) is 2. The summed E-state index contributed by atoms with van der Waals surface area (Å²) in [4.78, 5) is 24.1. The number of halogens is 7. The van der Waals surface area contributed by atoms with Crippen molar-refractivity contribution in [2.24, 2.45) is 0 Å². The van der Waals surface area contributed by atoms with E-state index in [1.807, 2.05) is 0 Å². The molecule has 18 heteroatoms. The standard InChI is InChI=1S/C30H30ClF6N9O2/c1-13-8-18(38)42-24(21(13)30(35,36)37)19-22(31)26-20-25(23(19)34)43-29(48-11-15-4-3-5-45(15)10-17(32)33)44-28(20)46(6-7-47-26)14(2)16-9-40-12-41-27(16)39/h8-9,12,14-15,17H,3-7,10-11H2,1-2H3,(H2,38,42)(H2,39,40,41)/t14-,15+/m1/s1. The van der Waals surface area contributed by atoms with Crippen LogP contribution in [0.25, 0.3) is 22.2 Å². The van der Waals surface area contributed by atoms with Gasteiger partial charge in [0.15, 0.2) is 11.6 Å². The minimum atomic E-state index is -4.96. The zero-order valence-corrected chi connectivity index (χ0v) is 26.4. The minimum Gasteiger partial charge on any atom is -0.489 e. The average molecular weight is 698 g/mol. The van der Waals surface area contributed by atoms with Gasteiger partial charge in [-0.15, -0.1) is 0 Å². The van der Waals surface area contributed by atoms with Crippen molar-refractivity contribution < 1.29 is 35.8 Å². The lowest BCUT2D eigenvalue weighted by Crippen LogP contribution is -2.37. The summed E-state index contributed by atoms with van der Waals surface area (Å²) in [6.07, 6.45) is -3.49. The van der Waals surface area contributed by atoms with Crippen molar-refractivity contribution in [1.82, 2.24) is 29.8 Å². The molecule has 1 aromatic carbocycles. The highest BCUT2D eigenvalue weighted by Crippen LogP contribution is 2.51. The van der Waals surface area contributed by atoms with E-state index in [1.165, 1.54) is 19.4 Å². The van der Waals surface area contributed by atoms with Crippen molar-refractivity contribution in [3.63, 3.8) is 0 Å². The van der Waals surface area contributed by atoms with Gasteiger partial charge in [-0.3, -0.25) is 4.90 Å². The third-order valence-electron chi connectivity index (χ3n) is 8.52. The topological polar surface area (TPSA) is 141 Å². The average Bonchev–Trinajstić information content (AvgIpc) is 3.34. The van der Waals surface area contributed by atoms with Gasteiger partial charge in [0.2, 0.25) is 0 Å². The zero-order valence-electron chi connectivity index (χ0n) is 25.7. The molecule has 0 saturated carbocycles. The van der Waals surface area contributed by atoms with Crippen LogP contribution in [0.3, 0.4) is 0 Å². The van der Waals surface area contributed by atoms with Gasteiger partial charge in [0.05, 0.1) is 46.4 Å². The molecule has 5 heterocycles. The molecule has 0 bridgehead atoms. The van der Waals surface area contributed by atoms with Crippen LogP contribution in [0.15, 0.2) is 18.6 Å². The number of hydrogen-bond donors (Lipinski definition) is 2. The molecule has 0 spiro atoms. The predicted molar refractivity (Wildman–Crippen MR) is 166 cm³/mol. The molecule has 2 aliphatic heterocycles. The largest absolute Gasteiger partial charge is 0.489 e. The Morgan fingerprint density at radius 2 is 1.94 bits per heavy atom. The van der Waals surface area contributed by atoms with E-state index in [2.05, 4.69) is 24.9 Å². The fraction of sp³-hybridized carbons (Fsp3) is 0.433. The van der Waals surface area contributed by atoms with Crippen molar-refractivity contribution in [3.05, 3.63) is 46.1 Å². The van der Waals surface area contributed by atoms with Gasteiger partial charge in [-0.1, -0.05) is 11.6 Å². The van der Waals surface area contributed by atoms with Gasteiger partial charge < -0.3 is 25.8 Å². The maximum Gasteiger partial charge on any atom is 0.418 e. The van der Waals surface area contributed by atoms with Crippen molar-refractivity contribution in [2.75, 3.05) is 49.2 Å². The van der Waals surface area contributed by atoms with Gasteiger partial charge in [-0.25, -0.2) is 28.1 Å². The third-order valence-corrected chi connectivity index (χ3v) is 8.88. The molecule has 0 radical (unpaired) electrons. The van der Waals surface area contributed by atoms with E-state index in [4.69, 9.17) is 32.5 Å². The number of aryl methyl sites for hydroxylation is 1. The van der Waals surface area contributed by atoms with Crippen LogP contribution in [0.5, 0.6) is 11.8 Å². The number of pyridine rings is 1. The lowest BCUT2D eigenvalue weighted by Gasteiger charge is -2.30. The molecule has 4 N–H and O–H groups in total. The molecule has 48 heavy (non-hydrogen) atoms. The predicted octanol–water partition coefficient (Wildman–Crippen LogP) is 5.83. The normalized spacial score (nSPS) is 17.5. The molecule has 1 saturated heterocycles.